The summed E-state index contributed by atoms with van der Waals surface area (Å²) in [6.07, 6.45) is 0. The van der Waals surface area contributed by atoms with E-state index >= 15 is 0 Å². The number of nitrogens with two attached hydrogens (primary N) is 1. The van der Waals surface area contributed by atoms with Crippen molar-refractivity contribution in [3.8, 4) is 11.5 Å². The lowest BCUT2D eigenvalue weighted by atomic mass is 10.0. The number of ether oxygens (including phenoxy) is 1. The zero-order valence-corrected chi connectivity index (χ0v) is 12.7. The maximum atomic E-state index is 6.02. The van der Waals surface area contributed by atoms with Gasteiger partial charge in [0.15, 0.2) is 0 Å². The minimum atomic E-state index is 0.469. The second-order valence-corrected chi connectivity index (χ2v) is 5.46. The van der Waals surface area contributed by atoms with Crippen LogP contribution in [-0.4, -0.2) is 0 Å². The molecule has 2 nitrogen and oxygen atoms in total. The molecule has 0 spiro atoms. The lowest BCUT2D eigenvalue weighted by Crippen LogP contribution is -1.97. The molecule has 106 valence electrons. The van der Waals surface area contributed by atoms with Crippen LogP contribution in [0.3, 0.4) is 0 Å². The van der Waals surface area contributed by atoms with Crippen molar-refractivity contribution >= 4 is 34.0 Å². The van der Waals surface area contributed by atoms with E-state index in [1.54, 1.807) is 18.2 Å². The van der Waals surface area contributed by atoms with Crippen molar-refractivity contribution in [3.63, 3.8) is 0 Å². The van der Waals surface area contributed by atoms with Crippen LogP contribution in [0.5, 0.6) is 11.5 Å². The first-order valence-electron chi connectivity index (χ1n) is 6.52. The fourth-order valence-electron chi connectivity index (χ4n) is 2.27. The third kappa shape index (κ3) is 2.84. The van der Waals surface area contributed by atoms with E-state index in [9.17, 15) is 0 Å². The number of benzene rings is 3. The quantitative estimate of drug-likeness (QED) is 0.702. The fourth-order valence-corrected chi connectivity index (χ4v) is 2.56. The molecule has 3 aromatic carbocycles. The Morgan fingerprint density at radius 3 is 2.33 bits per heavy atom. The van der Waals surface area contributed by atoms with Gasteiger partial charge in [-0.2, -0.15) is 0 Å². The van der Waals surface area contributed by atoms with Gasteiger partial charge in [-0.15, -0.1) is 0 Å². The largest absolute Gasteiger partial charge is 0.457 e. The Labute approximate surface area is 133 Å². The molecule has 0 aromatic heterocycles. The van der Waals surface area contributed by atoms with Crippen molar-refractivity contribution in [3.05, 3.63) is 70.2 Å². The van der Waals surface area contributed by atoms with Crippen LogP contribution >= 0.6 is 23.2 Å². The summed E-state index contributed by atoms with van der Waals surface area (Å²) in [6, 6.07) is 17.1. The third-order valence-electron chi connectivity index (χ3n) is 3.31. The van der Waals surface area contributed by atoms with Crippen molar-refractivity contribution in [1.82, 2.24) is 0 Å². The maximum Gasteiger partial charge on any atom is 0.135 e. The van der Waals surface area contributed by atoms with Crippen LogP contribution in [0.2, 0.25) is 10.0 Å². The van der Waals surface area contributed by atoms with Crippen LogP contribution in [0.4, 0.5) is 0 Å². The van der Waals surface area contributed by atoms with Crippen molar-refractivity contribution in [2.45, 2.75) is 6.54 Å². The minimum Gasteiger partial charge on any atom is -0.457 e. The third-order valence-corrected chi connectivity index (χ3v) is 4.05. The highest BCUT2D eigenvalue weighted by molar-refractivity contribution is 6.42. The van der Waals surface area contributed by atoms with Crippen molar-refractivity contribution in [2.24, 2.45) is 5.73 Å². The molecule has 0 amide bonds. The highest BCUT2D eigenvalue weighted by Gasteiger charge is 2.08. The molecule has 0 saturated carbocycles. The Hall–Kier alpha value is -1.74. The van der Waals surface area contributed by atoms with Gasteiger partial charge in [0.1, 0.15) is 11.5 Å². The average Bonchev–Trinajstić information content (AvgIpc) is 2.51. The highest BCUT2D eigenvalue weighted by atomic mass is 35.5. The Morgan fingerprint density at radius 1 is 0.857 bits per heavy atom. The molecule has 4 heteroatoms. The predicted molar refractivity (Wildman–Crippen MR) is 88.4 cm³/mol. The summed E-state index contributed by atoms with van der Waals surface area (Å²) in [5, 5.41) is 3.09. The lowest BCUT2D eigenvalue weighted by molar-refractivity contribution is 0.488. The average molecular weight is 318 g/mol. The summed E-state index contributed by atoms with van der Waals surface area (Å²) in [4.78, 5) is 0. The molecule has 0 atom stereocenters. The van der Waals surface area contributed by atoms with E-state index < -0.39 is 0 Å². The monoisotopic (exact) mass is 317 g/mol. The Bertz CT molecular complexity index is 802. The number of hydrogen-bond donors (Lipinski definition) is 1. The van der Waals surface area contributed by atoms with Gasteiger partial charge in [0, 0.05) is 18.0 Å². The van der Waals surface area contributed by atoms with Gasteiger partial charge < -0.3 is 10.5 Å². The molecule has 0 unspecified atom stereocenters. The minimum absolute atomic E-state index is 0.469. The zero-order valence-electron chi connectivity index (χ0n) is 11.1. The van der Waals surface area contributed by atoms with Gasteiger partial charge in [-0.1, -0.05) is 53.5 Å². The molecule has 0 aliphatic heterocycles. The molecule has 0 fully saturated rings. The Balaban J connectivity index is 2.06. The second kappa shape index (κ2) is 5.94. The van der Waals surface area contributed by atoms with E-state index in [1.165, 1.54) is 0 Å². The predicted octanol–water partition coefficient (Wildman–Crippen LogP) is 5.40. The highest BCUT2D eigenvalue weighted by Crippen LogP contribution is 2.34. The topological polar surface area (TPSA) is 35.2 Å². The molecule has 3 rings (SSSR count). The van der Waals surface area contributed by atoms with Crippen molar-refractivity contribution in [2.75, 3.05) is 0 Å². The molecule has 0 radical (unpaired) electrons. The van der Waals surface area contributed by atoms with Gasteiger partial charge in [-0.05, 0) is 29.1 Å². The first-order chi connectivity index (χ1) is 10.2. The first-order valence-corrected chi connectivity index (χ1v) is 7.28. The molecule has 0 heterocycles. The summed E-state index contributed by atoms with van der Waals surface area (Å²) >= 11 is 11.9. The number of fused-ring (bicyclic) bond motifs is 1. The van der Waals surface area contributed by atoms with Gasteiger partial charge in [0.05, 0.1) is 10.0 Å². The van der Waals surface area contributed by atoms with E-state index in [0.717, 1.165) is 22.1 Å². The molecule has 0 aliphatic carbocycles. The number of hydrogen-bond acceptors (Lipinski definition) is 2. The van der Waals surface area contributed by atoms with Crippen LogP contribution in [0.1, 0.15) is 5.56 Å². The van der Waals surface area contributed by atoms with Gasteiger partial charge in [0.25, 0.3) is 0 Å². The summed E-state index contributed by atoms with van der Waals surface area (Å²) < 4.78 is 5.94. The van der Waals surface area contributed by atoms with E-state index in [1.807, 2.05) is 36.4 Å². The summed E-state index contributed by atoms with van der Waals surface area (Å²) in [5.41, 5.74) is 6.87. The van der Waals surface area contributed by atoms with Gasteiger partial charge in [-0.25, -0.2) is 0 Å². The molecular formula is C17H13Cl2NO. The standard InChI is InChI=1S/C17H13Cl2NO/c18-15-7-6-12(9-16(15)19)21-17-8-5-11(10-20)13-3-1-2-4-14(13)17/h1-9H,10,20H2. The molecule has 0 bridgehead atoms. The molecular weight excluding hydrogens is 305 g/mol. The van der Waals surface area contributed by atoms with E-state index in [4.69, 9.17) is 33.7 Å². The van der Waals surface area contributed by atoms with Crippen LogP contribution in [0.25, 0.3) is 10.8 Å². The molecule has 21 heavy (non-hydrogen) atoms. The second-order valence-electron chi connectivity index (χ2n) is 4.65. The zero-order chi connectivity index (χ0) is 14.8. The van der Waals surface area contributed by atoms with Crippen molar-refractivity contribution in [1.29, 1.82) is 0 Å². The summed E-state index contributed by atoms with van der Waals surface area (Å²) in [5.74, 6) is 1.41. The summed E-state index contributed by atoms with van der Waals surface area (Å²) in [7, 11) is 0. The van der Waals surface area contributed by atoms with Crippen LogP contribution in [0.15, 0.2) is 54.6 Å². The molecule has 0 saturated heterocycles. The fraction of sp³-hybridized carbons (Fsp3) is 0.0588. The summed E-state index contributed by atoms with van der Waals surface area (Å²) in [6.45, 7) is 0.494. The van der Waals surface area contributed by atoms with E-state index in [2.05, 4.69) is 0 Å². The van der Waals surface area contributed by atoms with Crippen LogP contribution in [-0.2, 0) is 6.54 Å². The number of rotatable bonds is 3. The van der Waals surface area contributed by atoms with Gasteiger partial charge >= 0.3 is 0 Å². The van der Waals surface area contributed by atoms with E-state index in [-0.39, 0.29) is 0 Å². The Kier molecular flexibility index (Phi) is 4.02. The van der Waals surface area contributed by atoms with Gasteiger partial charge in [0.2, 0.25) is 0 Å². The number of halogens is 2. The lowest BCUT2D eigenvalue weighted by Gasteiger charge is -2.12. The smallest absolute Gasteiger partial charge is 0.135 e. The molecule has 0 aliphatic rings. The van der Waals surface area contributed by atoms with Crippen LogP contribution in [0, 0.1) is 0 Å². The first kappa shape index (κ1) is 14.2. The van der Waals surface area contributed by atoms with Gasteiger partial charge in [-0.3, -0.25) is 0 Å². The van der Waals surface area contributed by atoms with Crippen LogP contribution < -0.4 is 10.5 Å². The van der Waals surface area contributed by atoms with E-state index in [0.29, 0.717) is 22.3 Å². The van der Waals surface area contributed by atoms with Crippen molar-refractivity contribution < 1.29 is 4.74 Å². The molecule has 3 aromatic rings. The maximum absolute atomic E-state index is 6.02. The Morgan fingerprint density at radius 2 is 1.62 bits per heavy atom. The molecule has 2 N–H and O–H groups in total. The normalized spacial score (nSPS) is 10.8. The SMILES string of the molecule is NCc1ccc(Oc2ccc(Cl)c(Cl)c2)c2ccccc12.